The molecule has 2 aromatic carbocycles. The van der Waals surface area contributed by atoms with E-state index in [1.165, 1.54) is 5.56 Å². The smallest absolute Gasteiger partial charge is 0.319 e. The molecule has 0 bridgehead atoms. The summed E-state index contributed by atoms with van der Waals surface area (Å²) in [4.78, 5) is 32.2. The summed E-state index contributed by atoms with van der Waals surface area (Å²) in [5, 5.41) is 8.94. The van der Waals surface area contributed by atoms with Crippen LogP contribution in [0.15, 0.2) is 67.1 Å². The summed E-state index contributed by atoms with van der Waals surface area (Å²) in [5.74, 6) is -0.158. The number of pyridine rings is 1. The molecule has 4 aromatic rings. The molecule has 2 heterocycles. The highest BCUT2D eigenvalue weighted by atomic mass is 16.2. The number of hydrogen-bond acceptors (Lipinski definition) is 4. The Morgan fingerprint density at radius 3 is 2.44 bits per heavy atom. The van der Waals surface area contributed by atoms with Crippen LogP contribution in [0.4, 0.5) is 16.2 Å². The van der Waals surface area contributed by atoms with E-state index in [0.717, 1.165) is 35.3 Å². The van der Waals surface area contributed by atoms with E-state index < -0.39 is 0 Å². The Labute approximate surface area is 230 Å². The van der Waals surface area contributed by atoms with Gasteiger partial charge in [0, 0.05) is 41.9 Å². The Bertz CT molecular complexity index is 1460. The van der Waals surface area contributed by atoms with E-state index in [0.29, 0.717) is 23.4 Å². The van der Waals surface area contributed by atoms with Gasteiger partial charge < -0.3 is 25.3 Å². The zero-order valence-corrected chi connectivity index (χ0v) is 23.6. The van der Waals surface area contributed by atoms with E-state index in [1.807, 2.05) is 86.3 Å². The van der Waals surface area contributed by atoms with Gasteiger partial charge in [-0.05, 0) is 80.4 Å². The maximum Gasteiger partial charge on any atom is 0.319 e. The van der Waals surface area contributed by atoms with Crippen molar-refractivity contribution in [3.8, 4) is 11.1 Å². The predicted octanol–water partition coefficient (Wildman–Crippen LogP) is 5.93. The number of rotatable bonds is 8. The molecular weight excluding hydrogens is 488 g/mol. The zero-order valence-electron chi connectivity index (χ0n) is 23.6. The fourth-order valence-corrected chi connectivity index (χ4v) is 4.44. The zero-order chi connectivity index (χ0) is 28.2. The first-order chi connectivity index (χ1) is 18.5. The molecule has 0 aliphatic rings. The van der Waals surface area contributed by atoms with Crippen LogP contribution in [0.1, 0.15) is 48.7 Å². The Morgan fingerprint density at radius 2 is 1.74 bits per heavy atom. The van der Waals surface area contributed by atoms with E-state index >= 15 is 0 Å². The molecule has 39 heavy (non-hydrogen) atoms. The van der Waals surface area contributed by atoms with Crippen molar-refractivity contribution >= 4 is 29.0 Å². The normalized spacial score (nSPS) is 11.6. The van der Waals surface area contributed by atoms with Crippen molar-refractivity contribution in [3.05, 3.63) is 83.8 Å². The molecule has 3 N–H and O–H groups in total. The summed E-state index contributed by atoms with van der Waals surface area (Å²) >= 11 is 0. The van der Waals surface area contributed by atoms with Gasteiger partial charge >= 0.3 is 6.03 Å². The lowest BCUT2D eigenvalue weighted by molar-refractivity contribution is 0.102. The van der Waals surface area contributed by atoms with Gasteiger partial charge in [0.25, 0.3) is 5.91 Å². The average Bonchev–Trinajstić information content (AvgIpc) is 3.36. The maximum atomic E-state index is 13.1. The van der Waals surface area contributed by atoms with Crippen molar-refractivity contribution in [1.29, 1.82) is 0 Å². The molecule has 0 fully saturated rings. The second-order valence-electron chi connectivity index (χ2n) is 11.1. The standard InChI is InChI=1S/C31H38N6O2/c1-21-25(9-7-10-26(21)34-29(38)22-11-13-24(14-12-22)31(2,3)4)23-19-27(28-32-16-18-37(28)20-23)35-30(39)33-15-8-17-36(5)6/h7,9-14,16,18-20H,8,15,17H2,1-6H3,(H,34,38)(H2,33,35,39). The van der Waals surface area contributed by atoms with Crippen molar-refractivity contribution in [3.63, 3.8) is 0 Å². The van der Waals surface area contributed by atoms with E-state index in [2.05, 4.69) is 46.6 Å². The number of imidazole rings is 1. The highest BCUT2D eigenvalue weighted by molar-refractivity contribution is 6.05. The topological polar surface area (TPSA) is 90.8 Å². The number of carbonyl (C=O) groups excluding carboxylic acids is 2. The third kappa shape index (κ3) is 6.83. The van der Waals surface area contributed by atoms with Crippen LogP contribution in [0.5, 0.6) is 0 Å². The van der Waals surface area contributed by atoms with Crippen LogP contribution >= 0.6 is 0 Å². The largest absolute Gasteiger partial charge is 0.338 e. The van der Waals surface area contributed by atoms with E-state index in [-0.39, 0.29) is 17.4 Å². The number of amides is 3. The molecule has 0 atom stereocenters. The van der Waals surface area contributed by atoms with Crippen LogP contribution in [0.2, 0.25) is 0 Å². The molecule has 0 aliphatic carbocycles. The molecule has 8 nitrogen and oxygen atoms in total. The Kier molecular flexibility index (Phi) is 8.35. The van der Waals surface area contributed by atoms with Gasteiger partial charge in [0.15, 0.2) is 5.65 Å². The third-order valence-corrected chi connectivity index (χ3v) is 6.71. The molecule has 0 unspecified atom stereocenters. The fraction of sp³-hybridized carbons (Fsp3) is 0.323. The summed E-state index contributed by atoms with van der Waals surface area (Å²) in [5.41, 5.74) is 6.57. The molecule has 8 heteroatoms. The first-order valence-electron chi connectivity index (χ1n) is 13.2. The lowest BCUT2D eigenvalue weighted by atomic mass is 9.86. The quantitative estimate of drug-likeness (QED) is 0.248. The van der Waals surface area contributed by atoms with Crippen molar-refractivity contribution in [1.82, 2.24) is 19.6 Å². The molecule has 0 spiro atoms. The first kappa shape index (κ1) is 27.9. The van der Waals surface area contributed by atoms with Gasteiger partial charge in [0.05, 0.1) is 5.69 Å². The number of anilines is 2. The molecule has 4 rings (SSSR count). The SMILES string of the molecule is Cc1c(NC(=O)c2ccc(C(C)(C)C)cc2)cccc1-c1cc(NC(=O)NCCCN(C)C)c2nccn2c1. The number of urea groups is 1. The monoisotopic (exact) mass is 526 g/mol. The molecule has 204 valence electrons. The minimum Gasteiger partial charge on any atom is -0.338 e. The van der Waals surface area contributed by atoms with Gasteiger partial charge in [-0.1, -0.05) is 45.0 Å². The molecule has 0 radical (unpaired) electrons. The summed E-state index contributed by atoms with van der Waals surface area (Å²) in [7, 11) is 4.01. The van der Waals surface area contributed by atoms with Crippen LogP contribution in [-0.2, 0) is 5.41 Å². The Balaban J connectivity index is 1.55. The van der Waals surface area contributed by atoms with E-state index in [1.54, 1.807) is 6.20 Å². The predicted molar refractivity (Wildman–Crippen MR) is 159 cm³/mol. The molecular formula is C31H38N6O2. The minimum atomic E-state index is -0.272. The molecule has 2 aromatic heterocycles. The molecule has 0 saturated carbocycles. The number of carbonyl (C=O) groups is 2. The Morgan fingerprint density at radius 1 is 1.00 bits per heavy atom. The number of nitrogens with one attached hydrogen (secondary N) is 3. The summed E-state index contributed by atoms with van der Waals surface area (Å²) in [6, 6.07) is 15.2. The average molecular weight is 527 g/mol. The lowest BCUT2D eigenvalue weighted by Gasteiger charge is -2.19. The van der Waals surface area contributed by atoms with Gasteiger partial charge in [0.2, 0.25) is 0 Å². The van der Waals surface area contributed by atoms with Crippen LogP contribution in [0, 0.1) is 6.92 Å². The first-order valence-corrected chi connectivity index (χ1v) is 13.2. The minimum absolute atomic E-state index is 0.0245. The molecule has 0 saturated heterocycles. The van der Waals surface area contributed by atoms with Crippen molar-refractivity contribution in [2.75, 3.05) is 37.8 Å². The summed E-state index contributed by atoms with van der Waals surface area (Å²) in [6.45, 7) is 9.91. The number of hydrogen-bond donors (Lipinski definition) is 3. The second kappa shape index (κ2) is 11.7. The van der Waals surface area contributed by atoms with Crippen LogP contribution in [0.3, 0.4) is 0 Å². The van der Waals surface area contributed by atoms with Gasteiger partial charge in [-0.15, -0.1) is 0 Å². The van der Waals surface area contributed by atoms with E-state index in [4.69, 9.17) is 0 Å². The summed E-state index contributed by atoms with van der Waals surface area (Å²) in [6.07, 6.45) is 6.38. The Hall–Kier alpha value is -4.17. The van der Waals surface area contributed by atoms with Crippen molar-refractivity contribution in [2.45, 2.75) is 39.5 Å². The van der Waals surface area contributed by atoms with Crippen LogP contribution in [0.25, 0.3) is 16.8 Å². The lowest BCUT2D eigenvalue weighted by Crippen LogP contribution is -2.31. The number of aromatic nitrogens is 2. The van der Waals surface area contributed by atoms with E-state index in [9.17, 15) is 9.59 Å². The van der Waals surface area contributed by atoms with Crippen molar-refractivity contribution in [2.24, 2.45) is 0 Å². The highest BCUT2D eigenvalue weighted by Gasteiger charge is 2.16. The fourth-order valence-electron chi connectivity index (χ4n) is 4.44. The second-order valence-corrected chi connectivity index (χ2v) is 11.1. The van der Waals surface area contributed by atoms with Crippen LogP contribution in [-0.4, -0.2) is 53.4 Å². The third-order valence-electron chi connectivity index (χ3n) is 6.71. The summed E-state index contributed by atoms with van der Waals surface area (Å²) < 4.78 is 1.89. The van der Waals surface area contributed by atoms with Gasteiger partial charge in [-0.25, -0.2) is 9.78 Å². The number of nitrogens with zero attached hydrogens (tertiary/aromatic N) is 3. The maximum absolute atomic E-state index is 13.1. The van der Waals surface area contributed by atoms with Gasteiger partial charge in [0.1, 0.15) is 0 Å². The molecule has 0 aliphatic heterocycles. The highest BCUT2D eigenvalue weighted by Crippen LogP contribution is 2.32. The van der Waals surface area contributed by atoms with Gasteiger partial charge in [-0.2, -0.15) is 0 Å². The van der Waals surface area contributed by atoms with Crippen molar-refractivity contribution < 1.29 is 9.59 Å². The number of benzene rings is 2. The number of fused-ring (bicyclic) bond motifs is 1. The molecule has 3 amide bonds. The van der Waals surface area contributed by atoms with Crippen LogP contribution < -0.4 is 16.0 Å². The van der Waals surface area contributed by atoms with Gasteiger partial charge in [-0.3, -0.25) is 4.79 Å².